The molecule has 222 valence electrons. The summed E-state index contributed by atoms with van der Waals surface area (Å²) >= 11 is 0. The van der Waals surface area contributed by atoms with Crippen LogP contribution in [0.2, 0.25) is 0 Å². The first-order chi connectivity index (χ1) is 20.1. The molecule has 4 rings (SSSR count). The molecule has 8 nitrogen and oxygen atoms in total. The predicted octanol–water partition coefficient (Wildman–Crippen LogP) is 6.20. The predicted molar refractivity (Wildman–Crippen MR) is 160 cm³/mol. The van der Waals surface area contributed by atoms with Crippen molar-refractivity contribution in [3.8, 4) is 5.75 Å². The van der Waals surface area contributed by atoms with Crippen molar-refractivity contribution in [2.24, 2.45) is 0 Å². The molecule has 0 aromatic heterocycles. The Balaban J connectivity index is 1.50. The fraction of sp³-hybridized carbons (Fsp3) is 0.382. The van der Waals surface area contributed by atoms with E-state index in [0.717, 1.165) is 22.3 Å². The van der Waals surface area contributed by atoms with Crippen molar-refractivity contribution in [2.45, 2.75) is 64.6 Å². The Kier molecular flexibility index (Phi) is 10.2. The van der Waals surface area contributed by atoms with E-state index in [2.05, 4.69) is 0 Å². The van der Waals surface area contributed by atoms with Gasteiger partial charge in [0.15, 0.2) is 0 Å². The van der Waals surface area contributed by atoms with Crippen molar-refractivity contribution >= 4 is 18.1 Å². The Labute approximate surface area is 248 Å². The molecule has 0 spiro atoms. The number of ether oxygens (including phenoxy) is 3. The van der Waals surface area contributed by atoms with E-state index in [1.165, 1.54) is 4.90 Å². The molecule has 0 unspecified atom stereocenters. The summed E-state index contributed by atoms with van der Waals surface area (Å²) in [5, 5.41) is 0. The van der Waals surface area contributed by atoms with E-state index < -0.39 is 17.8 Å². The van der Waals surface area contributed by atoms with E-state index >= 15 is 0 Å². The number of cyclic esters (lactones) is 1. The van der Waals surface area contributed by atoms with Crippen molar-refractivity contribution in [1.82, 2.24) is 9.80 Å². The molecule has 1 saturated heterocycles. The van der Waals surface area contributed by atoms with Crippen LogP contribution in [0.4, 0.5) is 9.59 Å². The molecule has 0 bridgehead atoms. The van der Waals surface area contributed by atoms with Crippen LogP contribution in [-0.2, 0) is 40.1 Å². The molecule has 3 aromatic carbocycles. The smallest absolute Gasteiger partial charge is 0.416 e. The van der Waals surface area contributed by atoms with Crippen molar-refractivity contribution in [1.29, 1.82) is 0 Å². The summed E-state index contributed by atoms with van der Waals surface area (Å²) in [6.45, 7) is 6.45. The third kappa shape index (κ3) is 8.59. The Morgan fingerprint density at radius 2 is 1.60 bits per heavy atom. The Hall–Kier alpha value is -4.33. The lowest BCUT2D eigenvalue weighted by molar-refractivity contribution is -0.129. The van der Waals surface area contributed by atoms with Crippen LogP contribution in [0.15, 0.2) is 78.9 Å². The highest BCUT2D eigenvalue weighted by Crippen LogP contribution is 2.24. The van der Waals surface area contributed by atoms with Gasteiger partial charge in [0.05, 0.1) is 13.2 Å². The lowest BCUT2D eigenvalue weighted by Crippen LogP contribution is -2.40. The molecule has 0 N–H and O–H groups in total. The number of hydrogen-bond donors (Lipinski definition) is 0. The highest BCUT2D eigenvalue weighted by molar-refractivity contribution is 5.93. The summed E-state index contributed by atoms with van der Waals surface area (Å²) < 4.78 is 16.5. The standard InChI is InChI=1S/C34H40N2O6/c1-34(2,3)42-32(38)35(20-19-25-11-7-5-8-12-25)23-28-22-30(40-4)17-15-27(28)16-18-31(37)36-29(24-41-33(36)39)21-26-13-9-6-10-14-26/h5-15,17,22,29H,16,18-21,23-24H2,1-4H3/t29-/m1/s1. The topological polar surface area (TPSA) is 85.4 Å². The van der Waals surface area contributed by atoms with Gasteiger partial charge in [-0.15, -0.1) is 0 Å². The maximum absolute atomic E-state index is 13.3. The molecule has 0 aliphatic carbocycles. The van der Waals surface area contributed by atoms with Crippen LogP contribution in [0.3, 0.4) is 0 Å². The van der Waals surface area contributed by atoms with E-state index in [4.69, 9.17) is 14.2 Å². The number of methoxy groups -OCH3 is 1. The van der Waals surface area contributed by atoms with Gasteiger partial charge in [-0.3, -0.25) is 4.79 Å². The summed E-state index contributed by atoms with van der Waals surface area (Å²) in [5.41, 5.74) is 3.25. The first-order valence-electron chi connectivity index (χ1n) is 14.3. The third-order valence-electron chi connectivity index (χ3n) is 7.09. The van der Waals surface area contributed by atoms with Crippen LogP contribution in [0, 0.1) is 0 Å². The van der Waals surface area contributed by atoms with Gasteiger partial charge in [0.2, 0.25) is 5.91 Å². The zero-order chi connectivity index (χ0) is 30.1. The summed E-state index contributed by atoms with van der Waals surface area (Å²) in [6.07, 6.45) is 0.701. The van der Waals surface area contributed by atoms with Gasteiger partial charge in [-0.2, -0.15) is 0 Å². The van der Waals surface area contributed by atoms with Crippen LogP contribution in [0.5, 0.6) is 5.75 Å². The SMILES string of the molecule is COc1ccc(CCC(=O)N2C(=O)OC[C@H]2Cc2ccccc2)c(CN(CCc2ccccc2)C(=O)OC(C)(C)C)c1. The number of imide groups is 1. The number of rotatable bonds is 11. The minimum Gasteiger partial charge on any atom is -0.497 e. The van der Waals surface area contributed by atoms with E-state index in [-0.39, 0.29) is 31.5 Å². The third-order valence-corrected chi connectivity index (χ3v) is 7.09. The number of amides is 3. The van der Waals surface area contributed by atoms with Gasteiger partial charge in [0.1, 0.15) is 18.0 Å². The minimum absolute atomic E-state index is 0.121. The number of aryl methyl sites for hydroxylation is 1. The average molecular weight is 573 g/mol. The van der Waals surface area contributed by atoms with Crippen LogP contribution in [-0.4, -0.2) is 59.8 Å². The van der Waals surface area contributed by atoms with Gasteiger partial charge < -0.3 is 19.1 Å². The molecule has 8 heteroatoms. The summed E-state index contributed by atoms with van der Waals surface area (Å²) in [7, 11) is 1.59. The number of benzene rings is 3. The molecule has 1 aliphatic heterocycles. The molecule has 0 saturated carbocycles. The zero-order valence-electron chi connectivity index (χ0n) is 24.9. The first-order valence-corrected chi connectivity index (χ1v) is 14.3. The van der Waals surface area contributed by atoms with Gasteiger partial charge >= 0.3 is 12.2 Å². The maximum Gasteiger partial charge on any atom is 0.416 e. The van der Waals surface area contributed by atoms with Crippen molar-refractivity contribution in [3.05, 3.63) is 101 Å². The summed E-state index contributed by atoms with van der Waals surface area (Å²) in [4.78, 5) is 42.0. The Bertz CT molecular complexity index is 1350. The second-order valence-electron chi connectivity index (χ2n) is 11.5. The lowest BCUT2D eigenvalue weighted by atomic mass is 10.0. The van der Waals surface area contributed by atoms with E-state index in [0.29, 0.717) is 31.6 Å². The molecule has 1 aliphatic rings. The van der Waals surface area contributed by atoms with E-state index in [1.807, 2.05) is 99.6 Å². The summed E-state index contributed by atoms with van der Waals surface area (Å²) in [5.74, 6) is 0.367. The molecule has 1 heterocycles. The molecule has 1 fully saturated rings. The fourth-order valence-electron chi connectivity index (χ4n) is 4.96. The minimum atomic E-state index is -0.646. The highest BCUT2D eigenvalue weighted by Gasteiger charge is 2.37. The Morgan fingerprint density at radius 1 is 0.929 bits per heavy atom. The quantitative estimate of drug-likeness (QED) is 0.272. The van der Waals surface area contributed by atoms with Crippen LogP contribution >= 0.6 is 0 Å². The van der Waals surface area contributed by atoms with Gasteiger partial charge in [0.25, 0.3) is 0 Å². The Morgan fingerprint density at radius 3 is 2.24 bits per heavy atom. The van der Waals surface area contributed by atoms with Crippen LogP contribution in [0.1, 0.15) is 49.4 Å². The van der Waals surface area contributed by atoms with Crippen LogP contribution < -0.4 is 4.74 Å². The van der Waals surface area contributed by atoms with Gasteiger partial charge in [-0.05, 0) is 74.4 Å². The summed E-state index contributed by atoms with van der Waals surface area (Å²) in [6, 6.07) is 25.0. The molecular formula is C34H40N2O6. The number of carbonyl (C=O) groups excluding carboxylic acids is 3. The van der Waals surface area contributed by atoms with Crippen molar-refractivity contribution in [2.75, 3.05) is 20.3 Å². The average Bonchev–Trinajstić information content (AvgIpc) is 3.33. The van der Waals surface area contributed by atoms with Crippen molar-refractivity contribution in [3.63, 3.8) is 0 Å². The maximum atomic E-state index is 13.3. The molecular weight excluding hydrogens is 532 g/mol. The number of hydrogen-bond acceptors (Lipinski definition) is 6. The first kappa shape index (κ1) is 30.6. The zero-order valence-corrected chi connectivity index (χ0v) is 24.9. The van der Waals surface area contributed by atoms with E-state index in [1.54, 1.807) is 12.0 Å². The van der Waals surface area contributed by atoms with Crippen molar-refractivity contribution < 1.29 is 28.6 Å². The molecule has 0 radical (unpaired) electrons. The van der Waals surface area contributed by atoms with E-state index in [9.17, 15) is 14.4 Å². The number of carbonyl (C=O) groups is 3. The molecule has 3 amide bonds. The second-order valence-corrected chi connectivity index (χ2v) is 11.5. The normalized spacial score (nSPS) is 14.8. The van der Waals surface area contributed by atoms with Gasteiger partial charge in [0, 0.05) is 19.5 Å². The largest absolute Gasteiger partial charge is 0.497 e. The van der Waals surface area contributed by atoms with Gasteiger partial charge in [-0.25, -0.2) is 14.5 Å². The number of nitrogens with zero attached hydrogens (tertiary/aromatic N) is 2. The molecule has 42 heavy (non-hydrogen) atoms. The second kappa shape index (κ2) is 14.0. The lowest BCUT2D eigenvalue weighted by Gasteiger charge is -2.28. The highest BCUT2D eigenvalue weighted by atomic mass is 16.6. The molecule has 3 aromatic rings. The monoisotopic (exact) mass is 572 g/mol. The van der Waals surface area contributed by atoms with Crippen LogP contribution in [0.25, 0.3) is 0 Å². The van der Waals surface area contributed by atoms with Gasteiger partial charge in [-0.1, -0.05) is 66.7 Å². The fourth-order valence-corrected chi connectivity index (χ4v) is 4.96. The molecule has 1 atom stereocenters.